The Morgan fingerprint density at radius 3 is 2.71 bits per heavy atom. The molecule has 0 aliphatic carbocycles. The number of hydrogen-bond acceptors (Lipinski definition) is 3. The molecule has 0 saturated heterocycles. The lowest BCUT2D eigenvalue weighted by molar-refractivity contribution is 0.0757. The van der Waals surface area contributed by atoms with Crippen LogP contribution in [0.4, 0.5) is 4.39 Å². The minimum atomic E-state index is -1.25. The van der Waals surface area contributed by atoms with E-state index in [2.05, 4.69) is 4.98 Å². The summed E-state index contributed by atoms with van der Waals surface area (Å²) in [6, 6.07) is 4.49. The molecule has 2 aromatic heterocycles. The first-order chi connectivity index (χ1) is 8.08. The number of aliphatic hydroxyl groups is 1. The van der Waals surface area contributed by atoms with Crippen LogP contribution < -0.4 is 0 Å². The first-order valence-electron chi connectivity index (χ1n) is 5.16. The number of halogens is 2. The van der Waals surface area contributed by atoms with E-state index in [1.54, 1.807) is 6.07 Å². The van der Waals surface area contributed by atoms with Crippen LogP contribution in [0.5, 0.6) is 0 Å². The molecule has 1 N–H and O–H groups in total. The molecule has 2 rings (SSSR count). The monoisotopic (exact) mass is 271 g/mol. The predicted molar refractivity (Wildman–Crippen MR) is 66.8 cm³/mol. The molecule has 0 radical (unpaired) electrons. The summed E-state index contributed by atoms with van der Waals surface area (Å²) in [4.78, 5) is 4.58. The van der Waals surface area contributed by atoms with Gasteiger partial charge in [0.1, 0.15) is 11.4 Å². The van der Waals surface area contributed by atoms with Crippen LogP contribution in [0.2, 0.25) is 5.02 Å². The van der Waals surface area contributed by atoms with Gasteiger partial charge in [-0.1, -0.05) is 18.5 Å². The van der Waals surface area contributed by atoms with Crippen LogP contribution in [0.3, 0.4) is 0 Å². The summed E-state index contributed by atoms with van der Waals surface area (Å²) in [5.74, 6) is -0.426. The Balaban J connectivity index is 2.51. The molecule has 17 heavy (non-hydrogen) atoms. The number of nitrogens with zero attached hydrogens (tertiary/aromatic N) is 1. The average Bonchev–Trinajstić information content (AvgIpc) is 2.76. The van der Waals surface area contributed by atoms with Crippen LogP contribution in [-0.2, 0) is 5.60 Å². The lowest BCUT2D eigenvalue weighted by Crippen LogP contribution is -2.26. The molecule has 5 heteroatoms. The molecule has 0 spiro atoms. The van der Waals surface area contributed by atoms with Crippen LogP contribution >= 0.6 is 22.9 Å². The third-order valence-electron chi connectivity index (χ3n) is 2.66. The molecule has 0 aliphatic rings. The van der Waals surface area contributed by atoms with E-state index in [4.69, 9.17) is 11.6 Å². The van der Waals surface area contributed by atoms with Gasteiger partial charge in [-0.25, -0.2) is 4.39 Å². The van der Waals surface area contributed by atoms with Gasteiger partial charge >= 0.3 is 0 Å². The van der Waals surface area contributed by atoms with Crippen molar-refractivity contribution in [2.45, 2.75) is 18.9 Å². The van der Waals surface area contributed by atoms with Crippen LogP contribution in [-0.4, -0.2) is 10.1 Å². The second-order valence-electron chi connectivity index (χ2n) is 3.67. The molecule has 0 amide bonds. The minimum Gasteiger partial charge on any atom is -0.378 e. The first-order valence-corrected chi connectivity index (χ1v) is 6.41. The lowest BCUT2D eigenvalue weighted by Gasteiger charge is -2.25. The van der Waals surface area contributed by atoms with Gasteiger partial charge in [-0.2, -0.15) is 0 Å². The fourth-order valence-corrected chi connectivity index (χ4v) is 3.06. The standard InChI is InChI=1S/C12H11ClFNOS/c1-2-12(16,11-9(13)5-6-17-11)10-4-3-8(14)7-15-10/h3-7,16H,2H2,1H3. The summed E-state index contributed by atoms with van der Waals surface area (Å²) in [5.41, 5.74) is -0.843. The number of hydrogen-bond donors (Lipinski definition) is 1. The summed E-state index contributed by atoms with van der Waals surface area (Å²) in [6.45, 7) is 1.83. The molecule has 0 aromatic carbocycles. The molecule has 0 saturated carbocycles. The highest BCUT2D eigenvalue weighted by molar-refractivity contribution is 7.10. The molecule has 1 unspecified atom stereocenters. The molecule has 0 fully saturated rings. The van der Waals surface area contributed by atoms with E-state index in [9.17, 15) is 9.50 Å². The highest BCUT2D eigenvalue weighted by atomic mass is 35.5. The van der Waals surface area contributed by atoms with Gasteiger partial charge in [0.25, 0.3) is 0 Å². The molecular formula is C12H11ClFNOS. The molecule has 2 heterocycles. The third kappa shape index (κ3) is 2.20. The van der Waals surface area contributed by atoms with Crippen LogP contribution in [0.25, 0.3) is 0 Å². The fourth-order valence-electron chi connectivity index (χ4n) is 1.67. The van der Waals surface area contributed by atoms with Gasteiger partial charge in [0.2, 0.25) is 0 Å². The van der Waals surface area contributed by atoms with Crippen molar-refractivity contribution in [3.8, 4) is 0 Å². The Kier molecular flexibility index (Phi) is 3.47. The zero-order valence-corrected chi connectivity index (χ0v) is 10.7. The van der Waals surface area contributed by atoms with Crippen molar-refractivity contribution >= 4 is 22.9 Å². The second kappa shape index (κ2) is 4.72. The Labute approximate surface area is 108 Å². The topological polar surface area (TPSA) is 33.1 Å². The normalized spacial score (nSPS) is 14.6. The predicted octanol–water partition coefficient (Wildman–Crippen LogP) is 3.58. The number of rotatable bonds is 3. The van der Waals surface area contributed by atoms with Crippen LogP contribution in [0.1, 0.15) is 23.9 Å². The Morgan fingerprint density at radius 2 is 2.24 bits per heavy atom. The SMILES string of the molecule is CCC(O)(c1ccc(F)cn1)c1sccc1Cl. The van der Waals surface area contributed by atoms with Gasteiger partial charge in [0, 0.05) is 0 Å². The first kappa shape index (κ1) is 12.5. The summed E-state index contributed by atoms with van der Waals surface area (Å²) >= 11 is 7.40. The summed E-state index contributed by atoms with van der Waals surface area (Å²) < 4.78 is 12.8. The second-order valence-corrected chi connectivity index (χ2v) is 5.00. The van der Waals surface area contributed by atoms with E-state index in [0.29, 0.717) is 22.0 Å². The highest BCUT2D eigenvalue weighted by Gasteiger charge is 2.34. The number of pyridine rings is 1. The molecule has 2 aromatic rings. The minimum absolute atomic E-state index is 0.408. The average molecular weight is 272 g/mol. The van der Waals surface area contributed by atoms with Gasteiger partial charge in [0.05, 0.1) is 21.8 Å². The van der Waals surface area contributed by atoms with Crippen LogP contribution in [0, 0.1) is 5.82 Å². The van der Waals surface area contributed by atoms with Gasteiger partial charge in [0.15, 0.2) is 0 Å². The molecule has 1 atom stereocenters. The van der Waals surface area contributed by atoms with E-state index in [0.717, 1.165) is 6.20 Å². The zero-order valence-electron chi connectivity index (χ0n) is 9.15. The maximum Gasteiger partial charge on any atom is 0.142 e. The molecular weight excluding hydrogens is 261 g/mol. The van der Waals surface area contributed by atoms with E-state index in [1.165, 1.54) is 23.5 Å². The van der Waals surface area contributed by atoms with Crippen molar-refractivity contribution in [2.24, 2.45) is 0 Å². The lowest BCUT2D eigenvalue weighted by atomic mass is 9.94. The smallest absolute Gasteiger partial charge is 0.142 e. The molecule has 0 bridgehead atoms. The quantitative estimate of drug-likeness (QED) is 0.926. The van der Waals surface area contributed by atoms with E-state index in [-0.39, 0.29) is 0 Å². The highest BCUT2D eigenvalue weighted by Crippen LogP contribution is 2.39. The van der Waals surface area contributed by atoms with Gasteiger partial charge in [-0.3, -0.25) is 4.98 Å². The summed E-state index contributed by atoms with van der Waals surface area (Å²) in [6.07, 6.45) is 1.52. The fraction of sp³-hybridized carbons (Fsp3) is 0.250. The Morgan fingerprint density at radius 1 is 1.47 bits per heavy atom. The Hall–Kier alpha value is -0.970. The number of thiophene rings is 1. The number of aromatic nitrogens is 1. The summed E-state index contributed by atoms with van der Waals surface area (Å²) in [7, 11) is 0. The van der Waals surface area contributed by atoms with Gasteiger partial charge in [-0.15, -0.1) is 11.3 Å². The molecule has 90 valence electrons. The van der Waals surface area contributed by atoms with Crippen molar-refractivity contribution in [2.75, 3.05) is 0 Å². The molecule has 0 aliphatic heterocycles. The van der Waals surface area contributed by atoms with Gasteiger partial charge < -0.3 is 5.11 Å². The van der Waals surface area contributed by atoms with Crippen molar-refractivity contribution in [1.29, 1.82) is 0 Å². The van der Waals surface area contributed by atoms with Gasteiger partial charge in [-0.05, 0) is 30.0 Å². The zero-order chi connectivity index (χ0) is 12.5. The van der Waals surface area contributed by atoms with Crippen molar-refractivity contribution in [3.63, 3.8) is 0 Å². The van der Waals surface area contributed by atoms with Crippen molar-refractivity contribution in [1.82, 2.24) is 4.98 Å². The van der Waals surface area contributed by atoms with Crippen molar-refractivity contribution < 1.29 is 9.50 Å². The summed E-state index contributed by atoms with van der Waals surface area (Å²) in [5, 5.41) is 13.0. The maximum absolute atomic E-state index is 12.8. The Bertz CT molecular complexity index is 513. The largest absolute Gasteiger partial charge is 0.378 e. The molecule has 2 nitrogen and oxygen atoms in total. The van der Waals surface area contributed by atoms with E-state index >= 15 is 0 Å². The van der Waals surface area contributed by atoms with E-state index < -0.39 is 11.4 Å². The van der Waals surface area contributed by atoms with Crippen LogP contribution in [0.15, 0.2) is 29.8 Å². The third-order valence-corrected chi connectivity index (χ3v) is 4.15. The van der Waals surface area contributed by atoms with Crippen molar-refractivity contribution in [3.05, 3.63) is 51.2 Å². The van der Waals surface area contributed by atoms with E-state index in [1.807, 2.05) is 12.3 Å². The maximum atomic E-state index is 12.8.